The molecule has 2 aliphatic rings. The van der Waals surface area contributed by atoms with Crippen molar-refractivity contribution >= 4 is 29.4 Å². The van der Waals surface area contributed by atoms with Gasteiger partial charge in [-0.05, 0) is 61.4 Å². The van der Waals surface area contributed by atoms with Crippen molar-refractivity contribution in [2.75, 3.05) is 9.80 Å². The third-order valence-corrected chi connectivity index (χ3v) is 7.79. The van der Waals surface area contributed by atoms with Gasteiger partial charge < -0.3 is 4.90 Å². The molecule has 5 rings (SSSR count). The van der Waals surface area contributed by atoms with Crippen LogP contribution < -0.4 is 9.80 Å². The van der Waals surface area contributed by atoms with E-state index >= 15 is 0 Å². The minimum absolute atomic E-state index is 0. The number of alkyl halides is 2. The molecule has 3 aromatic rings. The Morgan fingerprint density at radius 2 is 1.81 bits per heavy atom. The zero-order chi connectivity index (χ0) is 30.0. The Morgan fingerprint density at radius 3 is 2.44 bits per heavy atom. The van der Waals surface area contributed by atoms with E-state index in [9.17, 15) is 27.6 Å². The van der Waals surface area contributed by atoms with Gasteiger partial charge in [-0.25, -0.2) is 23.1 Å². The van der Waals surface area contributed by atoms with Gasteiger partial charge in [0.1, 0.15) is 17.9 Å². The Morgan fingerprint density at radius 1 is 1.09 bits per heavy atom. The first-order valence-electron chi connectivity index (χ1n) is 13.7. The number of carbonyl (C=O) groups excluding carboxylic acids is 3. The quantitative estimate of drug-likeness (QED) is 0.320. The number of hydrogen-bond donors (Lipinski definition) is 0. The van der Waals surface area contributed by atoms with Crippen molar-refractivity contribution in [3.8, 4) is 0 Å². The molecule has 2 aromatic carbocycles. The Bertz CT molecular complexity index is 1500. The van der Waals surface area contributed by atoms with Gasteiger partial charge in [0, 0.05) is 43.4 Å². The van der Waals surface area contributed by atoms with Gasteiger partial charge in [0.25, 0.3) is 11.8 Å². The number of benzene rings is 2. The lowest BCUT2D eigenvalue weighted by atomic mass is 9.96. The first-order chi connectivity index (χ1) is 20.1. The number of carbonyl (C=O) groups is 3. The molecule has 1 saturated heterocycles. The zero-order valence-corrected chi connectivity index (χ0v) is 23.0. The van der Waals surface area contributed by atoms with Crippen LogP contribution in [0.2, 0.25) is 0 Å². The summed E-state index contributed by atoms with van der Waals surface area (Å²) in [4.78, 5) is 53.9. The van der Waals surface area contributed by atoms with Gasteiger partial charge in [0.2, 0.25) is 17.8 Å². The van der Waals surface area contributed by atoms with Gasteiger partial charge >= 0.3 is 0 Å². The van der Waals surface area contributed by atoms with Crippen LogP contribution >= 0.6 is 0 Å². The van der Waals surface area contributed by atoms with Crippen LogP contribution in [0.4, 0.5) is 24.8 Å². The normalized spacial score (nSPS) is 19.8. The van der Waals surface area contributed by atoms with E-state index in [1.165, 1.54) is 41.7 Å². The smallest absolute Gasteiger partial charge is 0.254 e. The number of rotatable bonds is 8. The van der Waals surface area contributed by atoms with E-state index in [0.29, 0.717) is 11.1 Å². The number of halogens is 3. The Hall–Kier alpha value is -4.54. The number of nitrogens with zero attached hydrogens (tertiary/aromatic N) is 5. The molecular weight excluding hydrogens is 559 g/mol. The molecule has 0 spiro atoms. The van der Waals surface area contributed by atoms with Crippen LogP contribution in [0.5, 0.6) is 0 Å². The van der Waals surface area contributed by atoms with Crippen LogP contribution in [0, 0.1) is 12.7 Å². The summed E-state index contributed by atoms with van der Waals surface area (Å²) >= 11 is 0. The lowest BCUT2D eigenvalue weighted by Crippen LogP contribution is -2.53. The number of anilines is 2. The monoisotopic (exact) mass is 593 g/mol. The number of hydrogen-bond acceptors (Lipinski definition) is 5. The molecular formula is C32H34F3N5O3. The molecule has 1 aromatic heterocycles. The van der Waals surface area contributed by atoms with Crippen LogP contribution in [-0.2, 0) is 14.4 Å². The lowest BCUT2D eigenvalue weighted by molar-refractivity contribution is -0.134. The molecule has 2 fully saturated rings. The highest BCUT2D eigenvalue weighted by Gasteiger charge is 2.48. The molecule has 3 atom stereocenters. The molecule has 0 radical (unpaired) electrons. The van der Waals surface area contributed by atoms with Gasteiger partial charge in [-0.1, -0.05) is 44.3 Å². The van der Waals surface area contributed by atoms with E-state index in [1.807, 2.05) is 0 Å². The predicted molar refractivity (Wildman–Crippen MR) is 157 cm³/mol. The SMILES string of the molecule is C.C=CN(C(=O)C(c1ccccc1C)N(C(=O)[C@@H]1CCC(=O)N1c1ncccn1)c1cccc(F)c1)C1CCC(F)(F)C1. The number of aryl methyl sites for hydroxylation is 1. The van der Waals surface area contributed by atoms with Gasteiger partial charge in [0.05, 0.1) is 0 Å². The van der Waals surface area contributed by atoms with Crippen molar-refractivity contribution in [3.05, 3.63) is 96.7 Å². The highest BCUT2D eigenvalue weighted by molar-refractivity contribution is 6.10. The summed E-state index contributed by atoms with van der Waals surface area (Å²) in [6, 6.07) is 10.4. The molecule has 3 amide bonds. The third kappa shape index (κ3) is 6.30. The molecule has 226 valence electrons. The van der Waals surface area contributed by atoms with Gasteiger partial charge in [-0.3, -0.25) is 24.2 Å². The molecule has 2 unspecified atom stereocenters. The summed E-state index contributed by atoms with van der Waals surface area (Å²) in [5.41, 5.74) is 1.13. The van der Waals surface area contributed by atoms with Crippen molar-refractivity contribution in [2.24, 2.45) is 0 Å². The summed E-state index contributed by atoms with van der Waals surface area (Å²) in [5, 5.41) is 0. The van der Waals surface area contributed by atoms with E-state index in [1.54, 1.807) is 37.3 Å². The van der Waals surface area contributed by atoms with Crippen molar-refractivity contribution in [3.63, 3.8) is 0 Å². The second-order valence-electron chi connectivity index (χ2n) is 10.5. The van der Waals surface area contributed by atoms with Crippen molar-refractivity contribution in [1.82, 2.24) is 14.9 Å². The topological polar surface area (TPSA) is 86.7 Å². The third-order valence-electron chi connectivity index (χ3n) is 7.79. The minimum atomic E-state index is -2.94. The minimum Gasteiger partial charge on any atom is -0.314 e. The molecule has 43 heavy (non-hydrogen) atoms. The zero-order valence-electron chi connectivity index (χ0n) is 23.0. The van der Waals surface area contributed by atoms with E-state index in [0.717, 1.165) is 15.9 Å². The average molecular weight is 594 g/mol. The molecule has 0 N–H and O–H groups in total. The van der Waals surface area contributed by atoms with E-state index in [4.69, 9.17) is 0 Å². The largest absolute Gasteiger partial charge is 0.314 e. The standard InChI is InChI=1S/C31H30F3N5O3.CH4/c1-3-37(23-14-15-31(33,34)19-23)29(42)27(24-11-5-4-8-20(24)2)38(22-10-6-9-21(32)18-22)28(41)25-12-13-26(40)39(25)30-35-16-7-17-36-30;/h3-11,16-18,23,25,27H,1,12-15,19H2,2H3;1H4/t23?,25-,27?;/m0./s1. The second-order valence-corrected chi connectivity index (χ2v) is 10.5. The van der Waals surface area contributed by atoms with E-state index < -0.39 is 48.1 Å². The Labute approximate surface area is 248 Å². The number of amides is 3. The molecule has 8 nitrogen and oxygen atoms in total. The molecule has 2 heterocycles. The first-order valence-corrected chi connectivity index (χ1v) is 13.7. The fourth-order valence-corrected chi connectivity index (χ4v) is 5.77. The maximum Gasteiger partial charge on any atom is 0.254 e. The summed E-state index contributed by atoms with van der Waals surface area (Å²) < 4.78 is 43.2. The first kappa shape index (κ1) is 31.4. The molecule has 1 aliphatic heterocycles. The summed E-state index contributed by atoms with van der Waals surface area (Å²) in [6.45, 7) is 5.49. The maximum absolute atomic E-state index is 14.7. The molecule has 11 heteroatoms. The summed E-state index contributed by atoms with van der Waals surface area (Å²) in [5.74, 6) is -5.28. The summed E-state index contributed by atoms with van der Waals surface area (Å²) in [6.07, 6.45) is 3.35. The molecule has 1 saturated carbocycles. The van der Waals surface area contributed by atoms with Gasteiger partial charge in [-0.15, -0.1) is 0 Å². The highest BCUT2D eigenvalue weighted by atomic mass is 19.3. The molecule has 1 aliphatic carbocycles. The maximum atomic E-state index is 14.7. The predicted octanol–water partition coefficient (Wildman–Crippen LogP) is 5.99. The fraction of sp³-hybridized carbons (Fsp3) is 0.344. The van der Waals surface area contributed by atoms with E-state index in [-0.39, 0.29) is 50.7 Å². The van der Waals surface area contributed by atoms with Crippen molar-refractivity contribution in [1.29, 1.82) is 0 Å². The van der Waals surface area contributed by atoms with Crippen LogP contribution in [0.25, 0.3) is 0 Å². The second kappa shape index (κ2) is 12.8. The van der Waals surface area contributed by atoms with Gasteiger partial charge in [-0.2, -0.15) is 0 Å². The Balaban J connectivity index is 0.00000423. The average Bonchev–Trinajstić information content (AvgIpc) is 3.54. The van der Waals surface area contributed by atoms with Crippen LogP contribution in [0.15, 0.2) is 79.8 Å². The van der Waals surface area contributed by atoms with Gasteiger partial charge in [0.15, 0.2) is 0 Å². The highest BCUT2D eigenvalue weighted by Crippen LogP contribution is 2.40. The lowest BCUT2D eigenvalue weighted by Gasteiger charge is -2.38. The van der Waals surface area contributed by atoms with Crippen LogP contribution in [-0.4, -0.2) is 50.6 Å². The van der Waals surface area contributed by atoms with Crippen LogP contribution in [0.1, 0.15) is 56.7 Å². The van der Waals surface area contributed by atoms with E-state index in [2.05, 4.69) is 16.5 Å². The van der Waals surface area contributed by atoms with Crippen molar-refractivity contribution < 1.29 is 27.6 Å². The van der Waals surface area contributed by atoms with Crippen LogP contribution in [0.3, 0.4) is 0 Å². The fourth-order valence-electron chi connectivity index (χ4n) is 5.77. The Kier molecular flexibility index (Phi) is 9.32. The van der Waals surface area contributed by atoms with Crippen molar-refractivity contribution in [2.45, 2.75) is 70.5 Å². The number of aromatic nitrogens is 2. The molecule has 0 bridgehead atoms. The summed E-state index contributed by atoms with van der Waals surface area (Å²) in [7, 11) is 0.